The third-order valence-electron chi connectivity index (χ3n) is 3.53. The van der Waals surface area contributed by atoms with E-state index in [9.17, 15) is 0 Å². The second-order valence-electron chi connectivity index (χ2n) is 4.99. The number of fused-ring (bicyclic) bond motifs is 1. The number of imidazole rings is 1. The van der Waals surface area contributed by atoms with Crippen LogP contribution in [0.1, 0.15) is 6.42 Å². The van der Waals surface area contributed by atoms with E-state index in [1.807, 2.05) is 48.4 Å². The van der Waals surface area contributed by atoms with Crippen LogP contribution in [0.5, 0.6) is 0 Å². The molecule has 108 valence electrons. The first kappa shape index (κ1) is 13.6. The molecule has 0 spiro atoms. The summed E-state index contributed by atoms with van der Waals surface area (Å²) < 4.78 is 2.01. The Morgan fingerprint density at radius 3 is 2.71 bits per heavy atom. The molecular weight excluding hydrogens is 262 g/mol. The van der Waals surface area contributed by atoms with E-state index in [1.165, 1.54) is 0 Å². The van der Waals surface area contributed by atoms with E-state index in [-0.39, 0.29) is 0 Å². The van der Waals surface area contributed by atoms with Crippen molar-refractivity contribution >= 4 is 22.5 Å². The average Bonchev–Trinajstić information content (AvgIpc) is 2.91. The molecular formula is C16H19N5. The smallest absolute Gasteiger partial charge is 0.161 e. The van der Waals surface area contributed by atoms with Gasteiger partial charge in [0.2, 0.25) is 0 Å². The van der Waals surface area contributed by atoms with Crippen LogP contribution >= 0.6 is 0 Å². The molecule has 0 aliphatic carbocycles. The Bertz CT molecular complexity index is 720. The van der Waals surface area contributed by atoms with Gasteiger partial charge in [-0.1, -0.05) is 18.2 Å². The third-order valence-corrected chi connectivity index (χ3v) is 3.53. The molecule has 0 aliphatic heterocycles. The number of anilines is 2. The second kappa shape index (κ2) is 5.93. The van der Waals surface area contributed by atoms with Gasteiger partial charge in [0, 0.05) is 25.5 Å². The fourth-order valence-electron chi connectivity index (χ4n) is 2.46. The molecule has 0 atom stereocenters. The predicted octanol–water partition coefficient (Wildman–Crippen LogP) is 2.46. The fourth-order valence-corrected chi connectivity index (χ4v) is 2.46. The number of nitrogens with zero attached hydrogens (tertiary/aromatic N) is 4. The van der Waals surface area contributed by atoms with Crippen molar-refractivity contribution in [1.82, 2.24) is 14.5 Å². The Morgan fingerprint density at radius 1 is 1.14 bits per heavy atom. The minimum Gasteiger partial charge on any atom is -0.334 e. The van der Waals surface area contributed by atoms with Gasteiger partial charge in [-0.2, -0.15) is 0 Å². The van der Waals surface area contributed by atoms with Crippen molar-refractivity contribution < 1.29 is 0 Å². The Morgan fingerprint density at radius 2 is 1.95 bits per heavy atom. The molecule has 2 N–H and O–H groups in total. The Labute approximate surface area is 124 Å². The Balaban J connectivity index is 2.10. The maximum atomic E-state index is 5.68. The number of para-hydroxylation sites is 1. The summed E-state index contributed by atoms with van der Waals surface area (Å²) in [6.07, 6.45) is 4.56. The summed E-state index contributed by atoms with van der Waals surface area (Å²) in [4.78, 5) is 11.2. The first-order chi connectivity index (χ1) is 10.3. The second-order valence-corrected chi connectivity index (χ2v) is 4.99. The fraction of sp³-hybridized carbons (Fsp3) is 0.250. The van der Waals surface area contributed by atoms with Crippen LogP contribution < -0.4 is 10.6 Å². The molecule has 3 rings (SSSR count). The molecule has 2 aromatic heterocycles. The normalized spacial score (nSPS) is 11.0. The summed E-state index contributed by atoms with van der Waals surface area (Å²) in [7, 11) is 1.99. The maximum Gasteiger partial charge on any atom is 0.161 e. The lowest BCUT2D eigenvalue weighted by Crippen LogP contribution is -2.22. The summed E-state index contributed by atoms with van der Waals surface area (Å²) >= 11 is 0. The summed E-state index contributed by atoms with van der Waals surface area (Å²) in [6.45, 7) is 1.48. The van der Waals surface area contributed by atoms with Crippen LogP contribution in [0.15, 0.2) is 48.9 Å². The molecule has 0 unspecified atom stereocenters. The zero-order chi connectivity index (χ0) is 14.7. The van der Waals surface area contributed by atoms with Crippen molar-refractivity contribution in [3.8, 4) is 0 Å². The van der Waals surface area contributed by atoms with Crippen molar-refractivity contribution in [2.75, 3.05) is 18.0 Å². The number of pyridine rings is 1. The van der Waals surface area contributed by atoms with E-state index in [1.54, 1.807) is 0 Å². The highest BCUT2D eigenvalue weighted by Crippen LogP contribution is 2.29. The lowest BCUT2D eigenvalue weighted by molar-refractivity contribution is 0.812. The van der Waals surface area contributed by atoms with Gasteiger partial charge in [-0.25, -0.2) is 9.97 Å². The molecule has 5 heteroatoms. The maximum absolute atomic E-state index is 5.68. The Hall–Kier alpha value is -2.40. The van der Waals surface area contributed by atoms with Crippen LogP contribution in [0.25, 0.3) is 11.0 Å². The number of aromatic nitrogens is 3. The van der Waals surface area contributed by atoms with Gasteiger partial charge in [-0.15, -0.1) is 0 Å². The molecule has 3 aromatic rings. The van der Waals surface area contributed by atoms with Gasteiger partial charge in [-0.3, -0.25) is 0 Å². The average molecular weight is 281 g/mol. The molecule has 0 bridgehead atoms. The van der Waals surface area contributed by atoms with Crippen molar-refractivity contribution in [3.63, 3.8) is 0 Å². The number of benzene rings is 1. The van der Waals surface area contributed by atoms with Gasteiger partial charge in [0.1, 0.15) is 5.52 Å². The van der Waals surface area contributed by atoms with Crippen LogP contribution in [-0.4, -0.2) is 27.6 Å². The molecule has 2 heterocycles. The highest BCUT2D eigenvalue weighted by molar-refractivity contribution is 5.88. The van der Waals surface area contributed by atoms with E-state index < -0.39 is 0 Å². The molecule has 0 radical (unpaired) electrons. The minimum absolute atomic E-state index is 0.654. The van der Waals surface area contributed by atoms with Gasteiger partial charge in [0.15, 0.2) is 5.82 Å². The van der Waals surface area contributed by atoms with Gasteiger partial charge >= 0.3 is 0 Å². The van der Waals surface area contributed by atoms with Crippen LogP contribution in [-0.2, 0) is 7.05 Å². The summed E-state index contributed by atoms with van der Waals surface area (Å²) in [5, 5.41) is 0. The number of nitrogens with two attached hydrogens (primary N) is 1. The minimum atomic E-state index is 0.654. The van der Waals surface area contributed by atoms with Crippen molar-refractivity contribution in [2.45, 2.75) is 6.42 Å². The number of hydrogen-bond acceptors (Lipinski definition) is 4. The predicted molar refractivity (Wildman–Crippen MR) is 85.6 cm³/mol. The summed E-state index contributed by atoms with van der Waals surface area (Å²) in [5.74, 6) is 0.882. The van der Waals surface area contributed by atoms with E-state index in [0.29, 0.717) is 6.54 Å². The van der Waals surface area contributed by atoms with Gasteiger partial charge in [0.25, 0.3) is 0 Å². The van der Waals surface area contributed by atoms with E-state index in [2.05, 4.69) is 27.0 Å². The third kappa shape index (κ3) is 2.60. The monoisotopic (exact) mass is 281 g/mol. The van der Waals surface area contributed by atoms with Crippen LogP contribution in [0.2, 0.25) is 0 Å². The van der Waals surface area contributed by atoms with Gasteiger partial charge in [-0.05, 0) is 31.2 Å². The molecule has 1 aromatic carbocycles. The number of rotatable bonds is 5. The number of hydrogen-bond donors (Lipinski definition) is 1. The largest absolute Gasteiger partial charge is 0.334 e. The Kier molecular flexibility index (Phi) is 3.83. The SMILES string of the molecule is Cn1cnc2c(N(CCCN)c3ccccc3)nccc21. The topological polar surface area (TPSA) is 60.0 Å². The summed E-state index contributed by atoms with van der Waals surface area (Å²) in [5.41, 5.74) is 8.79. The van der Waals surface area contributed by atoms with Crippen LogP contribution in [0.3, 0.4) is 0 Å². The van der Waals surface area contributed by atoms with Crippen molar-refractivity contribution in [1.29, 1.82) is 0 Å². The molecule has 0 saturated carbocycles. The molecule has 5 nitrogen and oxygen atoms in total. The van der Waals surface area contributed by atoms with Crippen LogP contribution in [0, 0.1) is 0 Å². The summed E-state index contributed by atoms with van der Waals surface area (Å²) in [6, 6.07) is 12.2. The molecule has 0 amide bonds. The zero-order valence-corrected chi connectivity index (χ0v) is 12.1. The highest BCUT2D eigenvalue weighted by Gasteiger charge is 2.15. The van der Waals surface area contributed by atoms with E-state index in [4.69, 9.17) is 5.73 Å². The molecule has 0 fully saturated rings. The first-order valence-corrected chi connectivity index (χ1v) is 7.10. The van der Waals surface area contributed by atoms with E-state index >= 15 is 0 Å². The van der Waals surface area contributed by atoms with E-state index in [0.717, 1.165) is 35.5 Å². The molecule has 0 aliphatic rings. The van der Waals surface area contributed by atoms with Crippen molar-refractivity contribution in [3.05, 3.63) is 48.9 Å². The molecule has 21 heavy (non-hydrogen) atoms. The standard InChI is InChI=1S/C16H19N5/c1-20-12-19-15-14(20)8-10-18-16(15)21(11-5-9-17)13-6-3-2-4-7-13/h2-4,6-8,10,12H,5,9,11,17H2,1H3. The first-order valence-electron chi connectivity index (χ1n) is 7.10. The highest BCUT2D eigenvalue weighted by atomic mass is 15.2. The van der Waals surface area contributed by atoms with Gasteiger partial charge < -0.3 is 15.2 Å². The zero-order valence-electron chi connectivity index (χ0n) is 12.1. The van der Waals surface area contributed by atoms with Gasteiger partial charge in [0.05, 0.1) is 11.8 Å². The lowest BCUT2D eigenvalue weighted by Gasteiger charge is -2.24. The van der Waals surface area contributed by atoms with Crippen LogP contribution in [0.4, 0.5) is 11.5 Å². The van der Waals surface area contributed by atoms with Crippen molar-refractivity contribution in [2.24, 2.45) is 12.8 Å². The number of aryl methyl sites for hydroxylation is 1. The quantitative estimate of drug-likeness (QED) is 0.780. The lowest BCUT2D eigenvalue weighted by atomic mass is 10.2. The molecule has 0 saturated heterocycles.